The van der Waals surface area contributed by atoms with E-state index in [0.717, 1.165) is 55.2 Å². The third-order valence-corrected chi connectivity index (χ3v) is 8.10. The molecule has 2 fully saturated rings. The first kappa shape index (κ1) is 27.1. The number of amides is 3. The molecular weight excluding hydrogens is 470 g/mol. The van der Waals surface area contributed by atoms with Crippen molar-refractivity contribution < 1.29 is 29.0 Å². The summed E-state index contributed by atoms with van der Waals surface area (Å²) in [7, 11) is 1.19. The lowest BCUT2D eigenvalue weighted by Gasteiger charge is -2.32. The molecule has 4 atom stereocenters. The van der Waals surface area contributed by atoms with Gasteiger partial charge in [-0.05, 0) is 80.3 Å². The number of nitrogens with zero attached hydrogens (tertiary/aromatic N) is 1. The molecule has 1 N–H and O–H groups in total. The van der Waals surface area contributed by atoms with E-state index in [9.17, 15) is 19.5 Å². The van der Waals surface area contributed by atoms with Crippen LogP contribution >= 0.6 is 0 Å². The monoisotopic (exact) mass is 509 g/mol. The van der Waals surface area contributed by atoms with Gasteiger partial charge in [-0.2, -0.15) is 4.90 Å². The molecule has 37 heavy (non-hydrogen) atoms. The number of fused-ring (bicyclic) bond motifs is 3. The maximum Gasteiger partial charge on any atom is 0.423 e. The predicted molar refractivity (Wildman–Crippen MR) is 141 cm³/mol. The van der Waals surface area contributed by atoms with Crippen molar-refractivity contribution in [3.63, 3.8) is 0 Å². The molecule has 0 bridgehead atoms. The maximum absolute atomic E-state index is 13.2. The van der Waals surface area contributed by atoms with Gasteiger partial charge in [0, 0.05) is 5.92 Å². The molecule has 7 heteroatoms. The van der Waals surface area contributed by atoms with Crippen LogP contribution in [0.5, 0.6) is 5.75 Å². The number of aryl methyl sites for hydroxylation is 2. The second-order valence-electron chi connectivity index (χ2n) is 10.7. The topological polar surface area (TPSA) is 93.1 Å². The van der Waals surface area contributed by atoms with Crippen LogP contribution in [-0.4, -0.2) is 47.7 Å². The first-order chi connectivity index (χ1) is 17.7. The summed E-state index contributed by atoms with van der Waals surface area (Å²) in [4.78, 5) is 39.1. The summed E-state index contributed by atoms with van der Waals surface area (Å²) in [6, 6.07) is 4.03. The van der Waals surface area contributed by atoms with E-state index in [2.05, 4.69) is 19.9 Å². The highest BCUT2D eigenvalue weighted by Crippen LogP contribution is 2.50. The SMILES string of the molecule is CCCC1=C2[C@@H](CC/C(=C/c3cc(C)c(O)c(C)c3)CCC)OC[C@@H]2[C@@H]2C(=O)N(C(=O)OC)C(=O)[C@@H]2C1. The molecule has 2 saturated heterocycles. The van der Waals surface area contributed by atoms with Crippen LogP contribution in [0.4, 0.5) is 4.79 Å². The summed E-state index contributed by atoms with van der Waals surface area (Å²) in [5, 5.41) is 10.1. The van der Waals surface area contributed by atoms with Gasteiger partial charge in [0.05, 0.1) is 31.7 Å². The number of rotatable bonds is 8. The zero-order valence-corrected chi connectivity index (χ0v) is 22.6. The van der Waals surface area contributed by atoms with Crippen LogP contribution in [0.2, 0.25) is 0 Å². The summed E-state index contributed by atoms with van der Waals surface area (Å²) in [6.07, 6.45) is 7.22. The number of carbonyl (C=O) groups excluding carboxylic acids is 3. The number of methoxy groups -OCH3 is 1. The molecule has 2 heterocycles. The number of allylic oxidation sites excluding steroid dienone is 2. The normalized spacial score (nSPS) is 25.5. The Morgan fingerprint density at radius 2 is 1.81 bits per heavy atom. The van der Waals surface area contributed by atoms with Crippen molar-refractivity contribution in [1.29, 1.82) is 0 Å². The molecule has 4 rings (SSSR count). The fourth-order valence-corrected chi connectivity index (χ4v) is 6.50. The molecule has 0 aromatic heterocycles. The summed E-state index contributed by atoms with van der Waals surface area (Å²) in [5.74, 6) is -1.78. The number of phenolic OH excluding ortho intramolecular Hbond substituents is 1. The minimum Gasteiger partial charge on any atom is -0.507 e. The van der Waals surface area contributed by atoms with Gasteiger partial charge in [-0.15, -0.1) is 0 Å². The van der Waals surface area contributed by atoms with Crippen molar-refractivity contribution in [2.24, 2.45) is 17.8 Å². The number of ether oxygens (including phenoxy) is 2. The second kappa shape index (κ2) is 11.2. The lowest BCUT2D eigenvalue weighted by Crippen LogP contribution is -2.38. The fraction of sp³-hybridized carbons (Fsp3) is 0.567. The van der Waals surface area contributed by atoms with Crippen LogP contribution < -0.4 is 0 Å². The van der Waals surface area contributed by atoms with Gasteiger partial charge in [-0.1, -0.05) is 43.9 Å². The van der Waals surface area contributed by atoms with E-state index in [0.29, 0.717) is 23.7 Å². The Kier molecular flexibility index (Phi) is 8.22. The quantitative estimate of drug-likeness (QED) is 0.349. The average Bonchev–Trinajstić information content (AvgIpc) is 3.39. The Balaban J connectivity index is 1.57. The lowest BCUT2D eigenvalue weighted by atomic mass is 9.68. The standard InChI is InChI=1S/C30H39NO6/c1-6-8-19(14-20-12-17(3)27(32)18(4)13-20)10-11-24-25-21(9-7-2)15-22-26(23(25)16-37-24)29(34)31(28(22)33)30(35)36-5/h12-14,22-24,26,32H,6-11,15-16H2,1-5H3/b19-14+/t22-,23+,24-,26-/m1/s1. The first-order valence-electron chi connectivity index (χ1n) is 13.5. The fourth-order valence-electron chi connectivity index (χ4n) is 6.50. The van der Waals surface area contributed by atoms with E-state index >= 15 is 0 Å². The molecule has 1 aromatic rings. The molecule has 1 aromatic carbocycles. The van der Waals surface area contributed by atoms with Crippen LogP contribution in [0.25, 0.3) is 6.08 Å². The van der Waals surface area contributed by atoms with Gasteiger partial charge in [0.1, 0.15) is 5.75 Å². The highest BCUT2D eigenvalue weighted by atomic mass is 16.5. The third-order valence-electron chi connectivity index (χ3n) is 8.10. The van der Waals surface area contributed by atoms with Gasteiger partial charge in [0.2, 0.25) is 11.8 Å². The maximum atomic E-state index is 13.2. The lowest BCUT2D eigenvalue weighted by molar-refractivity contribution is -0.137. The Bertz CT molecular complexity index is 1130. The highest BCUT2D eigenvalue weighted by Gasteiger charge is 2.58. The smallest absolute Gasteiger partial charge is 0.423 e. The van der Waals surface area contributed by atoms with Crippen LogP contribution in [0.1, 0.15) is 75.5 Å². The summed E-state index contributed by atoms with van der Waals surface area (Å²) >= 11 is 0. The predicted octanol–water partition coefficient (Wildman–Crippen LogP) is 5.86. The van der Waals surface area contributed by atoms with E-state index in [1.54, 1.807) is 0 Å². The number of benzene rings is 1. The molecule has 200 valence electrons. The molecular formula is C30H39NO6. The van der Waals surface area contributed by atoms with Crippen molar-refractivity contribution in [3.8, 4) is 5.75 Å². The van der Waals surface area contributed by atoms with E-state index < -0.39 is 29.7 Å². The second-order valence-corrected chi connectivity index (χ2v) is 10.7. The molecule has 1 aliphatic carbocycles. The van der Waals surface area contributed by atoms with Gasteiger partial charge in [-0.3, -0.25) is 9.59 Å². The number of hydrogen-bond donors (Lipinski definition) is 1. The summed E-state index contributed by atoms with van der Waals surface area (Å²) < 4.78 is 11.0. The Hall–Kier alpha value is -2.93. The van der Waals surface area contributed by atoms with Gasteiger partial charge in [-0.25, -0.2) is 4.79 Å². The minimum atomic E-state index is -0.896. The first-order valence-corrected chi connectivity index (χ1v) is 13.5. The number of aromatic hydroxyl groups is 1. The van der Waals surface area contributed by atoms with Crippen LogP contribution in [-0.2, 0) is 19.1 Å². The number of imide groups is 3. The number of phenols is 1. The number of hydrogen-bond acceptors (Lipinski definition) is 6. The molecule has 0 saturated carbocycles. The molecule has 3 aliphatic rings. The number of carbonyl (C=O) groups is 3. The van der Waals surface area contributed by atoms with Crippen LogP contribution in [0.3, 0.4) is 0 Å². The van der Waals surface area contributed by atoms with E-state index in [1.807, 2.05) is 26.0 Å². The third kappa shape index (κ3) is 5.11. The van der Waals surface area contributed by atoms with Crippen LogP contribution in [0.15, 0.2) is 28.9 Å². The molecule has 7 nitrogen and oxygen atoms in total. The largest absolute Gasteiger partial charge is 0.507 e. The summed E-state index contributed by atoms with van der Waals surface area (Å²) in [6.45, 7) is 8.51. The van der Waals surface area contributed by atoms with Crippen LogP contribution in [0, 0.1) is 31.6 Å². The van der Waals surface area contributed by atoms with Gasteiger partial charge in [0.25, 0.3) is 0 Å². The molecule has 0 unspecified atom stereocenters. The molecule has 0 spiro atoms. The van der Waals surface area contributed by atoms with Gasteiger partial charge >= 0.3 is 6.09 Å². The summed E-state index contributed by atoms with van der Waals surface area (Å²) in [5.41, 5.74) is 6.55. The number of likely N-dealkylation sites (tertiary alicyclic amines) is 1. The van der Waals surface area contributed by atoms with Crippen molar-refractivity contribution in [2.75, 3.05) is 13.7 Å². The zero-order chi connectivity index (χ0) is 26.9. The Morgan fingerprint density at radius 3 is 2.43 bits per heavy atom. The zero-order valence-electron chi connectivity index (χ0n) is 22.6. The van der Waals surface area contributed by atoms with E-state index in [-0.39, 0.29) is 12.0 Å². The van der Waals surface area contributed by atoms with E-state index in [4.69, 9.17) is 9.47 Å². The van der Waals surface area contributed by atoms with Crippen molar-refractivity contribution in [2.45, 2.75) is 78.7 Å². The Morgan fingerprint density at radius 1 is 1.11 bits per heavy atom. The minimum absolute atomic E-state index is 0.0916. The van der Waals surface area contributed by atoms with Crippen molar-refractivity contribution in [1.82, 2.24) is 4.90 Å². The van der Waals surface area contributed by atoms with Gasteiger partial charge < -0.3 is 14.6 Å². The Labute approximate surface area is 219 Å². The van der Waals surface area contributed by atoms with E-state index in [1.165, 1.54) is 23.8 Å². The van der Waals surface area contributed by atoms with Gasteiger partial charge in [0.15, 0.2) is 0 Å². The molecule has 0 radical (unpaired) electrons. The van der Waals surface area contributed by atoms with Crippen molar-refractivity contribution >= 4 is 24.0 Å². The molecule has 3 amide bonds. The van der Waals surface area contributed by atoms with Crippen molar-refractivity contribution in [3.05, 3.63) is 45.5 Å². The highest BCUT2D eigenvalue weighted by molar-refractivity contribution is 6.16. The molecule has 2 aliphatic heterocycles. The average molecular weight is 510 g/mol.